The number of rotatable bonds is 1. The van der Waals surface area contributed by atoms with Gasteiger partial charge >= 0.3 is 0 Å². The summed E-state index contributed by atoms with van der Waals surface area (Å²) in [5.74, 6) is -0.695. The molecule has 1 unspecified atom stereocenters. The molecule has 0 radical (unpaired) electrons. The van der Waals surface area contributed by atoms with Crippen LogP contribution in [0.1, 0.15) is 17.3 Å². The van der Waals surface area contributed by atoms with Gasteiger partial charge in [0.1, 0.15) is 5.41 Å². The topological polar surface area (TPSA) is 46.2 Å². The Morgan fingerprint density at radius 2 is 2.12 bits per heavy atom. The number of carbonyl (C=O) groups excluding carboxylic acids is 2. The number of ketones is 1. The SMILES string of the molecule is C=C(Br)C1(C)C(=O)Nc2ccc(Cl)cc2C1=O. The van der Waals surface area contributed by atoms with E-state index in [4.69, 9.17) is 11.6 Å². The average molecular weight is 315 g/mol. The van der Waals surface area contributed by atoms with Crippen molar-refractivity contribution in [1.29, 1.82) is 0 Å². The summed E-state index contributed by atoms with van der Waals surface area (Å²) in [6.45, 7) is 5.18. The van der Waals surface area contributed by atoms with Crippen molar-refractivity contribution in [3.63, 3.8) is 0 Å². The second kappa shape index (κ2) is 3.96. The molecule has 1 aromatic carbocycles. The van der Waals surface area contributed by atoms with Crippen LogP contribution in [0.15, 0.2) is 29.3 Å². The van der Waals surface area contributed by atoms with E-state index in [1.165, 1.54) is 6.92 Å². The van der Waals surface area contributed by atoms with Crippen LogP contribution in [0.4, 0.5) is 5.69 Å². The monoisotopic (exact) mass is 313 g/mol. The van der Waals surface area contributed by atoms with E-state index in [-0.39, 0.29) is 11.7 Å². The molecular weight excluding hydrogens is 305 g/mol. The summed E-state index contributed by atoms with van der Waals surface area (Å²) >= 11 is 8.99. The Labute approximate surface area is 112 Å². The van der Waals surface area contributed by atoms with Gasteiger partial charge in [0.15, 0.2) is 5.78 Å². The van der Waals surface area contributed by atoms with Crippen LogP contribution in [0.3, 0.4) is 0 Å². The molecule has 1 amide bonds. The Morgan fingerprint density at radius 1 is 1.47 bits per heavy atom. The fourth-order valence-corrected chi connectivity index (χ4v) is 2.21. The molecule has 0 spiro atoms. The first-order valence-electron chi connectivity index (χ1n) is 4.88. The summed E-state index contributed by atoms with van der Waals surface area (Å²) in [5, 5.41) is 3.13. The molecule has 1 aromatic rings. The van der Waals surface area contributed by atoms with Crippen molar-refractivity contribution in [1.82, 2.24) is 0 Å². The number of carbonyl (C=O) groups is 2. The smallest absolute Gasteiger partial charge is 0.243 e. The summed E-state index contributed by atoms with van der Waals surface area (Å²) in [6, 6.07) is 4.79. The molecule has 0 saturated carbocycles. The van der Waals surface area contributed by atoms with Crippen LogP contribution in [-0.2, 0) is 4.79 Å². The molecular formula is C12H9BrClNO2. The van der Waals surface area contributed by atoms with Crippen molar-refractivity contribution in [2.45, 2.75) is 6.92 Å². The predicted molar refractivity (Wildman–Crippen MR) is 70.6 cm³/mol. The molecule has 2 rings (SSSR count). The van der Waals surface area contributed by atoms with E-state index in [0.717, 1.165) is 0 Å². The van der Waals surface area contributed by atoms with Gasteiger partial charge in [0.05, 0.1) is 5.69 Å². The van der Waals surface area contributed by atoms with E-state index in [1.54, 1.807) is 18.2 Å². The fraction of sp³-hybridized carbons (Fsp3) is 0.167. The molecule has 1 aliphatic heterocycles. The average Bonchev–Trinajstić information content (AvgIpc) is 2.27. The van der Waals surface area contributed by atoms with Crippen molar-refractivity contribution in [2.24, 2.45) is 5.41 Å². The summed E-state index contributed by atoms with van der Waals surface area (Å²) in [4.78, 5) is 24.3. The van der Waals surface area contributed by atoms with Crippen LogP contribution >= 0.6 is 27.5 Å². The lowest BCUT2D eigenvalue weighted by atomic mass is 9.78. The zero-order valence-electron chi connectivity index (χ0n) is 9.01. The minimum atomic E-state index is -1.29. The zero-order valence-corrected chi connectivity index (χ0v) is 11.4. The fourth-order valence-electron chi connectivity index (χ4n) is 1.68. The number of hydrogen-bond donors (Lipinski definition) is 1. The second-order valence-electron chi connectivity index (χ2n) is 4.00. The number of nitrogens with one attached hydrogen (secondary N) is 1. The number of benzene rings is 1. The number of Topliss-reactive ketones (excluding diaryl/α,β-unsaturated/α-hetero) is 1. The maximum atomic E-state index is 12.3. The van der Waals surface area contributed by atoms with Crippen molar-refractivity contribution in [3.8, 4) is 0 Å². The molecule has 17 heavy (non-hydrogen) atoms. The van der Waals surface area contributed by atoms with Crippen molar-refractivity contribution < 1.29 is 9.59 Å². The van der Waals surface area contributed by atoms with E-state index < -0.39 is 5.41 Å². The van der Waals surface area contributed by atoms with Crippen LogP contribution in [0.5, 0.6) is 0 Å². The number of fused-ring (bicyclic) bond motifs is 1. The van der Waals surface area contributed by atoms with E-state index in [2.05, 4.69) is 27.8 Å². The van der Waals surface area contributed by atoms with Crippen LogP contribution in [0.2, 0.25) is 5.02 Å². The minimum Gasteiger partial charge on any atom is -0.324 e. The highest BCUT2D eigenvalue weighted by Gasteiger charge is 2.47. The molecule has 3 nitrogen and oxygen atoms in total. The molecule has 0 aliphatic carbocycles. The number of anilines is 1. The molecule has 1 atom stereocenters. The highest BCUT2D eigenvalue weighted by Crippen LogP contribution is 2.41. The summed E-state index contributed by atoms with van der Waals surface area (Å²) in [5.41, 5.74) is -0.409. The van der Waals surface area contributed by atoms with E-state index in [1.807, 2.05) is 0 Å². The molecule has 0 bridgehead atoms. The quantitative estimate of drug-likeness (QED) is 0.808. The third kappa shape index (κ3) is 1.72. The van der Waals surface area contributed by atoms with Gasteiger partial charge in [0.25, 0.3) is 0 Å². The Morgan fingerprint density at radius 3 is 2.71 bits per heavy atom. The van der Waals surface area contributed by atoms with Crippen LogP contribution < -0.4 is 5.32 Å². The lowest BCUT2D eigenvalue weighted by Gasteiger charge is -2.31. The highest BCUT2D eigenvalue weighted by molar-refractivity contribution is 9.11. The molecule has 88 valence electrons. The standard InChI is InChI=1S/C12H9BrClNO2/c1-6(13)12(2)10(16)8-5-7(14)3-4-9(8)15-11(12)17/h3-5H,1H2,2H3,(H,15,17). The number of hydrogen-bond acceptors (Lipinski definition) is 2. The zero-order chi connectivity index (χ0) is 12.8. The predicted octanol–water partition coefficient (Wildman–Crippen LogP) is 3.39. The normalized spacial score (nSPS) is 23.0. The van der Waals surface area contributed by atoms with Gasteiger partial charge in [0, 0.05) is 15.1 Å². The Bertz CT molecular complexity index is 555. The number of amides is 1. The Balaban J connectivity index is 2.65. The van der Waals surface area contributed by atoms with Gasteiger partial charge in [-0.2, -0.15) is 0 Å². The molecule has 0 fully saturated rings. The minimum absolute atomic E-state index is 0.305. The molecule has 0 aromatic heterocycles. The van der Waals surface area contributed by atoms with E-state index >= 15 is 0 Å². The first kappa shape index (κ1) is 12.3. The van der Waals surface area contributed by atoms with Gasteiger partial charge in [-0.1, -0.05) is 34.1 Å². The third-order valence-electron chi connectivity index (χ3n) is 2.93. The van der Waals surface area contributed by atoms with Crippen LogP contribution in [-0.4, -0.2) is 11.7 Å². The van der Waals surface area contributed by atoms with Crippen molar-refractivity contribution in [3.05, 3.63) is 39.8 Å². The second-order valence-corrected chi connectivity index (χ2v) is 5.40. The highest BCUT2D eigenvalue weighted by atomic mass is 79.9. The third-order valence-corrected chi connectivity index (χ3v) is 3.95. The molecule has 1 heterocycles. The number of halogens is 2. The van der Waals surface area contributed by atoms with Gasteiger partial charge in [0.2, 0.25) is 5.91 Å². The van der Waals surface area contributed by atoms with Gasteiger partial charge in [-0.15, -0.1) is 0 Å². The summed E-state index contributed by atoms with van der Waals surface area (Å²) in [6.07, 6.45) is 0. The lowest BCUT2D eigenvalue weighted by Crippen LogP contribution is -2.44. The van der Waals surface area contributed by atoms with E-state index in [0.29, 0.717) is 20.8 Å². The maximum absolute atomic E-state index is 12.3. The van der Waals surface area contributed by atoms with Crippen molar-refractivity contribution in [2.75, 3.05) is 5.32 Å². The largest absolute Gasteiger partial charge is 0.324 e. The van der Waals surface area contributed by atoms with Crippen LogP contribution in [0, 0.1) is 5.41 Å². The molecule has 1 N–H and O–H groups in total. The Hall–Kier alpha value is -1.13. The molecule has 0 saturated heterocycles. The Kier molecular flexibility index (Phi) is 2.87. The van der Waals surface area contributed by atoms with Gasteiger partial charge in [-0.25, -0.2) is 0 Å². The van der Waals surface area contributed by atoms with Gasteiger partial charge in [-0.3, -0.25) is 9.59 Å². The summed E-state index contributed by atoms with van der Waals surface area (Å²) in [7, 11) is 0. The first-order valence-corrected chi connectivity index (χ1v) is 6.05. The maximum Gasteiger partial charge on any atom is 0.243 e. The molecule has 5 heteroatoms. The van der Waals surface area contributed by atoms with Gasteiger partial charge in [-0.05, 0) is 25.1 Å². The lowest BCUT2D eigenvalue weighted by molar-refractivity contribution is -0.121. The van der Waals surface area contributed by atoms with Gasteiger partial charge < -0.3 is 5.32 Å². The summed E-state index contributed by atoms with van der Waals surface area (Å²) < 4.78 is 0.332. The van der Waals surface area contributed by atoms with E-state index in [9.17, 15) is 9.59 Å². The first-order chi connectivity index (χ1) is 7.87. The van der Waals surface area contributed by atoms with Crippen molar-refractivity contribution >= 4 is 44.9 Å². The molecule has 1 aliphatic rings. The van der Waals surface area contributed by atoms with Crippen LogP contribution in [0.25, 0.3) is 0 Å².